The summed E-state index contributed by atoms with van der Waals surface area (Å²) >= 11 is 0. The molecule has 0 spiro atoms. The highest BCUT2D eigenvalue weighted by molar-refractivity contribution is 5.76. The van der Waals surface area contributed by atoms with Crippen molar-refractivity contribution in [3.05, 3.63) is 35.9 Å². The molecule has 2 N–H and O–H groups in total. The number of amides is 1. The lowest BCUT2D eigenvalue weighted by Gasteiger charge is -2.21. The zero-order valence-corrected chi connectivity index (χ0v) is 13.8. The fourth-order valence-electron chi connectivity index (χ4n) is 2.96. The quantitative estimate of drug-likeness (QED) is 0.806. The number of rotatable bonds is 7. The molecular formula is C17H23N3O4. The van der Waals surface area contributed by atoms with Gasteiger partial charge in [-0.15, -0.1) is 10.2 Å². The van der Waals surface area contributed by atoms with Crippen LogP contribution in [-0.4, -0.2) is 27.8 Å². The molecule has 7 nitrogen and oxygen atoms in total. The van der Waals surface area contributed by atoms with E-state index in [9.17, 15) is 9.90 Å². The Morgan fingerprint density at radius 1 is 1.42 bits per heavy atom. The monoisotopic (exact) mass is 333 g/mol. The van der Waals surface area contributed by atoms with Crippen LogP contribution >= 0.6 is 0 Å². The minimum atomic E-state index is -1.24. The molecule has 1 atom stereocenters. The third-order valence-electron chi connectivity index (χ3n) is 4.43. The van der Waals surface area contributed by atoms with Crippen molar-refractivity contribution in [2.75, 3.05) is 6.54 Å². The van der Waals surface area contributed by atoms with Crippen molar-refractivity contribution >= 4 is 5.91 Å². The first-order chi connectivity index (χ1) is 11.5. The Labute approximate surface area is 140 Å². The Bertz CT molecular complexity index is 657. The molecule has 2 aromatic heterocycles. The summed E-state index contributed by atoms with van der Waals surface area (Å²) in [6.07, 6.45) is 6.74. The highest BCUT2D eigenvalue weighted by atomic mass is 16.4. The minimum absolute atomic E-state index is 0.0799. The molecule has 24 heavy (non-hydrogen) atoms. The van der Waals surface area contributed by atoms with E-state index in [1.54, 1.807) is 19.1 Å². The van der Waals surface area contributed by atoms with Crippen molar-refractivity contribution in [1.82, 2.24) is 15.5 Å². The number of hydrogen-bond acceptors (Lipinski definition) is 6. The van der Waals surface area contributed by atoms with Crippen molar-refractivity contribution in [1.29, 1.82) is 0 Å². The van der Waals surface area contributed by atoms with Crippen LogP contribution in [0, 0.1) is 0 Å². The molecule has 0 aliphatic heterocycles. The molecule has 7 heteroatoms. The number of hydrogen-bond donors (Lipinski definition) is 2. The highest BCUT2D eigenvalue weighted by Gasteiger charge is 2.27. The lowest BCUT2D eigenvalue weighted by molar-refractivity contribution is -0.122. The maximum absolute atomic E-state index is 12.0. The third-order valence-corrected chi connectivity index (χ3v) is 4.43. The fraction of sp³-hybridized carbons (Fsp3) is 0.588. The average molecular weight is 333 g/mol. The lowest BCUT2D eigenvalue weighted by Crippen LogP contribution is -2.38. The van der Waals surface area contributed by atoms with Gasteiger partial charge in [0.25, 0.3) is 0 Å². The number of aromatic nitrogens is 2. The Morgan fingerprint density at radius 3 is 2.92 bits per heavy atom. The first-order valence-corrected chi connectivity index (χ1v) is 8.40. The van der Waals surface area contributed by atoms with Gasteiger partial charge < -0.3 is 19.3 Å². The molecule has 0 saturated heterocycles. The van der Waals surface area contributed by atoms with Crippen molar-refractivity contribution in [2.45, 2.75) is 57.0 Å². The van der Waals surface area contributed by atoms with Crippen LogP contribution in [-0.2, 0) is 16.8 Å². The second kappa shape index (κ2) is 7.17. The number of nitrogens with one attached hydrogen (secondary N) is 1. The molecule has 1 aliphatic rings. The lowest BCUT2D eigenvalue weighted by atomic mass is 10.0. The molecule has 1 fully saturated rings. The molecular weight excluding hydrogens is 310 g/mol. The molecule has 130 valence electrons. The van der Waals surface area contributed by atoms with E-state index in [1.165, 1.54) is 19.1 Å². The Balaban J connectivity index is 1.44. The number of nitrogens with zero attached hydrogens (tertiary/aromatic N) is 2. The van der Waals surface area contributed by atoms with Gasteiger partial charge >= 0.3 is 0 Å². The molecule has 1 aliphatic carbocycles. The van der Waals surface area contributed by atoms with Crippen LogP contribution in [0.3, 0.4) is 0 Å². The molecule has 3 rings (SSSR count). The van der Waals surface area contributed by atoms with E-state index in [4.69, 9.17) is 8.83 Å². The summed E-state index contributed by atoms with van der Waals surface area (Å²) in [6, 6.07) is 3.37. The molecule has 1 unspecified atom stereocenters. The fourth-order valence-corrected chi connectivity index (χ4v) is 2.96. The van der Waals surface area contributed by atoms with Crippen LogP contribution in [0.4, 0.5) is 0 Å². The summed E-state index contributed by atoms with van der Waals surface area (Å²) in [7, 11) is 0. The van der Waals surface area contributed by atoms with Gasteiger partial charge in [0.05, 0.1) is 12.8 Å². The number of aryl methyl sites for hydroxylation is 1. The van der Waals surface area contributed by atoms with Gasteiger partial charge in [-0.1, -0.05) is 12.8 Å². The van der Waals surface area contributed by atoms with Crippen LogP contribution in [0.25, 0.3) is 0 Å². The van der Waals surface area contributed by atoms with Crippen molar-refractivity contribution < 1.29 is 18.7 Å². The van der Waals surface area contributed by atoms with Crippen LogP contribution in [0.1, 0.15) is 62.5 Å². The van der Waals surface area contributed by atoms with Crippen molar-refractivity contribution in [2.24, 2.45) is 0 Å². The normalized spacial score (nSPS) is 17.8. The van der Waals surface area contributed by atoms with Gasteiger partial charge in [-0.3, -0.25) is 4.79 Å². The Morgan fingerprint density at radius 2 is 2.21 bits per heavy atom. The first-order valence-electron chi connectivity index (χ1n) is 8.40. The highest BCUT2D eigenvalue weighted by Crippen LogP contribution is 2.33. The number of aliphatic hydroxyl groups is 1. The van der Waals surface area contributed by atoms with E-state index in [0.29, 0.717) is 29.9 Å². The summed E-state index contributed by atoms with van der Waals surface area (Å²) in [6.45, 7) is 1.68. The average Bonchev–Trinajstić information content (AvgIpc) is 3.32. The first kappa shape index (κ1) is 16.7. The van der Waals surface area contributed by atoms with E-state index in [-0.39, 0.29) is 18.9 Å². The number of carbonyl (C=O) groups excluding carboxylic acids is 1. The van der Waals surface area contributed by atoms with E-state index >= 15 is 0 Å². The van der Waals surface area contributed by atoms with E-state index in [2.05, 4.69) is 15.5 Å². The van der Waals surface area contributed by atoms with E-state index in [0.717, 1.165) is 12.8 Å². The van der Waals surface area contributed by atoms with Crippen molar-refractivity contribution in [3.8, 4) is 0 Å². The Kier molecular flexibility index (Phi) is 4.99. The zero-order chi connectivity index (χ0) is 17.0. The Hall–Kier alpha value is -2.15. The molecule has 2 heterocycles. The molecule has 2 aromatic rings. The number of furan rings is 1. The molecule has 1 amide bonds. The van der Waals surface area contributed by atoms with Crippen LogP contribution in [0.5, 0.6) is 0 Å². The van der Waals surface area contributed by atoms with Gasteiger partial charge in [0, 0.05) is 18.8 Å². The molecule has 0 radical (unpaired) electrons. The standard InChI is InChI=1S/C17H23N3O4/c1-17(22,13-7-4-10-23-13)11-18-14(21)8-9-15-19-20-16(24-15)12-5-2-3-6-12/h4,7,10,12,22H,2-3,5-6,8-9,11H2,1H3,(H,18,21). The van der Waals surface area contributed by atoms with Gasteiger partial charge in [-0.2, -0.15) is 0 Å². The summed E-state index contributed by atoms with van der Waals surface area (Å²) in [4.78, 5) is 12.0. The predicted molar refractivity (Wildman–Crippen MR) is 85.1 cm³/mol. The topological polar surface area (TPSA) is 101 Å². The summed E-state index contributed by atoms with van der Waals surface area (Å²) < 4.78 is 10.8. The summed E-state index contributed by atoms with van der Waals surface area (Å²) in [5, 5.41) is 21.1. The van der Waals surface area contributed by atoms with Crippen LogP contribution in [0.2, 0.25) is 0 Å². The van der Waals surface area contributed by atoms with Crippen LogP contribution < -0.4 is 5.32 Å². The van der Waals surface area contributed by atoms with Gasteiger partial charge in [0.2, 0.25) is 17.7 Å². The maximum Gasteiger partial charge on any atom is 0.220 e. The third kappa shape index (κ3) is 4.03. The van der Waals surface area contributed by atoms with Crippen LogP contribution in [0.15, 0.2) is 27.2 Å². The van der Waals surface area contributed by atoms with Gasteiger partial charge in [-0.05, 0) is 31.9 Å². The molecule has 0 bridgehead atoms. The predicted octanol–water partition coefficient (Wildman–Crippen LogP) is 2.28. The molecule has 0 aromatic carbocycles. The van der Waals surface area contributed by atoms with Gasteiger partial charge in [0.15, 0.2) is 0 Å². The minimum Gasteiger partial charge on any atom is -0.466 e. The van der Waals surface area contributed by atoms with Crippen molar-refractivity contribution in [3.63, 3.8) is 0 Å². The second-order valence-corrected chi connectivity index (χ2v) is 6.54. The summed E-state index contributed by atoms with van der Waals surface area (Å²) in [5.74, 6) is 1.81. The zero-order valence-electron chi connectivity index (χ0n) is 13.8. The smallest absolute Gasteiger partial charge is 0.220 e. The maximum atomic E-state index is 12.0. The van der Waals surface area contributed by atoms with E-state index < -0.39 is 5.60 Å². The summed E-state index contributed by atoms with van der Waals surface area (Å²) in [5.41, 5.74) is -1.24. The van der Waals surface area contributed by atoms with Gasteiger partial charge in [0.1, 0.15) is 11.4 Å². The van der Waals surface area contributed by atoms with Gasteiger partial charge in [-0.25, -0.2) is 0 Å². The number of carbonyl (C=O) groups is 1. The largest absolute Gasteiger partial charge is 0.466 e. The second-order valence-electron chi connectivity index (χ2n) is 6.54. The SMILES string of the molecule is CC(O)(CNC(=O)CCc1nnc(C2CCCC2)o1)c1ccco1. The van der Waals surface area contributed by atoms with E-state index in [1.807, 2.05) is 0 Å². The molecule has 1 saturated carbocycles.